The topological polar surface area (TPSA) is 75.7 Å². The third kappa shape index (κ3) is 4.49. The van der Waals surface area contributed by atoms with Crippen LogP contribution in [0.3, 0.4) is 0 Å². The Morgan fingerprint density at radius 3 is 2.50 bits per heavy atom. The zero-order chi connectivity index (χ0) is 22.7. The van der Waals surface area contributed by atoms with E-state index in [2.05, 4.69) is 23.5 Å². The fraction of sp³-hybridized carbons (Fsp3) is 0.320. The van der Waals surface area contributed by atoms with Gasteiger partial charge in [0.05, 0.1) is 12.0 Å². The van der Waals surface area contributed by atoms with E-state index >= 15 is 0 Å². The molecule has 0 bridgehead atoms. The molecule has 1 fully saturated rings. The van der Waals surface area contributed by atoms with Gasteiger partial charge in [-0.2, -0.15) is 4.31 Å². The first-order chi connectivity index (χ1) is 15.4. The Balaban J connectivity index is 1.36. The summed E-state index contributed by atoms with van der Waals surface area (Å²) in [5.41, 5.74) is 1.85. The van der Waals surface area contributed by atoms with E-state index in [1.165, 1.54) is 4.31 Å². The number of carbonyl (C=O) groups is 1. The number of aryl methyl sites for hydroxylation is 1. The molecular weight excluding hydrogens is 424 g/mol. The molecule has 3 aromatic carbocycles. The van der Waals surface area contributed by atoms with Gasteiger partial charge >= 0.3 is 0 Å². The Hall–Kier alpha value is -2.90. The molecule has 0 unspecified atom stereocenters. The van der Waals surface area contributed by atoms with E-state index in [0.29, 0.717) is 38.2 Å². The van der Waals surface area contributed by atoms with Gasteiger partial charge in [0.15, 0.2) is 0 Å². The van der Waals surface area contributed by atoms with E-state index in [0.717, 1.165) is 21.9 Å². The Kier molecular flexibility index (Phi) is 6.48. The van der Waals surface area contributed by atoms with E-state index in [1.807, 2.05) is 31.2 Å². The zero-order valence-corrected chi connectivity index (χ0v) is 19.2. The van der Waals surface area contributed by atoms with Crippen molar-refractivity contribution in [2.45, 2.75) is 31.2 Å². The summed E-state index contributed by atoms with van der Waals surface area (Å²) in [6.07, 6.45) is 1.02. The van der Waals surface area contributed by atoms with Crippen LogP contribution in [0.5, 0.6) is 5.75 Å². The first-order valence-corrected chi connectivity index (χ1v) is 12.2. The number of hydrogen-bond donors (Lipinski definition) is 1. The van der Waals surface area contributed by atoms with Crippen LogP contribution >= 0.6 is 0 Å². The first kappa shape index (κ1) is 22.3. The number of sulfonamides is 1. The summed E-state index contributed by atoms with van der Waals surface area (Å²) in [5.74, 6) is 0.454. The second-order valence-electron chi connectivity index (χ2n) is 8.17. The predicted octanol–water partition coefficient (Wildman–Crippen LogP) is 3.87. The molecule has 1 aliphatic heterocycles. The molecule has 0 radical (unpaired) electrons. The second kappa shape index (κ2) is 9.30. The maximum atomic E-state index is 13.0. The minimum Gasteiger partial charge on any atom is -0.496 e. The van der Waals surface area contributed by atoms with Crippen molar-refractivity contribution >= 4 is 26.7 Å². The summed E-state index contributed by atoms with van der Waals surface area (Å²) >= 11 is 0. The van der Waals surface area contributed by atoms with E-state index in [4.69, 9.17) is 4.74 Å². The molecule has 4 rings (SSSR count). The minimum atomic E-state index is -3.59. The molecule has 168 valence electrons. The minimum absolute atomic E-state index is 0.0183. The zero-order valence-electron chi connectivity index (χ0n) is 18.4. The van der Waals surface area contributed by atoms with Crippen LogP contribution in [0.25, 0.3) is 10.8 Å². The molecule has 1 heterocycles. The summed E-state index contributed by atoms with van der Waals surface area (Å²) in [5, 5.41) is 5.32. The first-order valence-electron chi connectivity index (χ1n) is 10.8. The summed E-state index contributed by atoms with van der Waals surface area (Å²) in [4.78, 5) is 13.0. The summed E-state index contributed by atoms with van der Waals surface area (Å²) in [6, 6.07) is 19.1. The van der Waals surface area contributed by atoms with Crippen molar-refractivity contribution in [2.24, 2.45) is 5.92 Å². The van der Waals surface area contributed by atoms with Gasteiger partial charge in [0.1, 0.15) is 5.75 Å². The van der Waals surface area contributed by atoms with Gasteiger partial charge in [-0.3, -0.25) is 4.79 Å². The lowest BCUT2D eigenvalue weighted by Gasteiger charge is -2.30. The number of hydrogen-bond acceptors (Lipinski definition) is 4. The number of nitrogens with one attached hydrogen (secondary N) is 1. The number of amides is 1. The molecule has 3 aromatic rings. The predicted molar refractivity (Wildman–Crippen MR) is 125 cm³/mol. The molecule has 0 spiro atoms. The lowest BCUT2D eigenvalue weighted by atomic mass is 9.97. The molecule has 0 atom stereocenters. The average molecular weight is 453 g/mol. The monoisotopic (exact) mass is 452 g/mol. The van der Waals surface area contributed by atoms with Crippen molar-refractivity contribution in [3.63, 3.8) is 0 Å². The van der Waals surface area contributed by atoms with Crippen LogP contribution in [0.4, 0.5) is 0 Å². The van der Waals surface area contributed by atoms with Crippen molar-refractivity contribution in [1.29, 1.82) is 0 Å². The van der Waals surface area contributed by atoms with Gasteiger partial charge in [-0.15, -0.1) is 0 Å². The van der Waals surface area contributed by atoms with Crippen LogP contribution in [-0.4, -0.2) is 38.8 Å². The van der Waals surface area contributed by atoms with Crippen LogP contribution in [0.15, 0.2) is 65.6 Å². The number of nitrogens with zero attached hydrogens (tertiary/aromatic N) is 1. The van der Waals surface area contributed by atoms with E-state index in [9.17, 15) is 13.2 Å². The van der Waals surface area contributed by atoms with Gasteiger partial charge in [0.25, 0.3) is 0 Å². The highest BCUT2D eigenvalue weighted by atomic mass is 32.2. The van der Waals surface area contributed by atoms with E-state index in [1.54, 1.807) is 25.3 Å². The SMILES string of the molecule is COc1ccc(S(=O)(=O)N2CCC(C(=O)NCc3cccc4ccccc34)CC2)cc1C. The third-order valence-corrected chi connectivity index (χ3v) is 8.06. The molecule has 1 saturated heterocycles. The molecule has 7 heteroatoms. The van der Waals surface area contributed by atoms with Crippen LogP contribution in [0, 0.1) is 12.8 Å². The quantitative estimate of drug-likeness (QED) is 0.616. The van der Waals surface area contributed by atoms with Gasteiger partial charge in [-0.05, 0) is 59.9 Å². The fourth-order valence-electron chi connectivity index (χ4n) is 4.29. The molecule has 0 saturated carbocycles. The Morgan fingerprint density at radius 2 is 1.78 bits per heavy atom. The number of methoxy groups -OCH3 is 1. The van der Waals surface area contributed by atoms with E-state index in [-0.39, 0.29) is 16.7 Å². The van der Waals surface area contributed by atoms with Crippen molar-refractivity contribution in [2.75, 3.05) is 20.2 Å². The van der Waals surface area contributed by atoms with Crippen LogP contribution in [0.2, 0.25) is 0 Å². The van der Waals surface area contributed by atoms with Crippen molar-refractivity contribution < 1.29 is 17.9 Å². The van der Waals surface area contributed by atoms with Gasteiger partial charge in [0, 0.05) is 25.6 Å². The van der Waals surface area contributed by atoms with Gasteiger partial charge in [-0.25, -0.2) is 8.42 Å². The average Bonchev–Trinajstić information content (AvgIpc) is 2.82. The van der Waals surface area contributed by atoms with Crippen LogP contribution in [0.1, 0.15) is 24.0 Å². The van der Waals surface area contributed by atoms with Gasteiger partial charge in [0.2, 0.25) is 15.9 Å². The van der Waals surface area contributed by atoms with Crippen molar-refractivity contribution in [3.05, 3.63) is 71.8 Å². The van der Waals surface area contributed by atoms with Crippen LogP contribution in [-0.2, 0) is 21.4 Å². The molecular formula is C25H28N2O4S. The number of ether oxygens (including phenoxy) is 1. The highest BCUT2D eigenvalue weighted by Crippen LogP contribution is 2.27. The number of piperidine rings is 1. The van der Waals surface area contributed by atoms with Crippen molar-refractivity contribution in [1.82, 2.24) is 9.62 Å². The Labute approximate surface area is 189 Å². The summed E-state index contributed by atoms with van der Waals surface area (Å²) in [6.45, 7) is 2.95. The smallest absolute Gasteiger partial charge is 0.243 e. The largest absolute Gasteiger partial charge is 0.496 e. The summed E-state index contributed by atoms with van der Waals surface area (Å²) < 4.78 is 32.8. The fourth-order valence-corrected chi connectivity index (χ4v) is 5.85. The highest BCUT2D eigenvalue weighted by molar-refractivity contribution is 7.89. The molecule has 32 heavy (non-hydrogen) atoms. The Morgan fingerprint density at radius 1 is 1.06 bits per heavy atom. The Bertz CT molecular complexity index is 1230. The lowest BCUT2D eigenvalue weighted by molar-refractivity contribution is -0.126. The standard InChI is InChI=1S/C25H28N2O4S/c1-18-16-22(10-11-24(18)31-2)32(29,30)27-14-12-20(13-15-27)25(28)26-17-21-8-5-7-19-6-3-4-9-23(19)21/h3-11,16,20H,12-15,17H2,1-2H3,(H,26,28). The second-order valence-corrected chi connectivity index (χ2v) is 10.1. The molecule has 1 amide bonds. The van der Waals surface area contributed by atoms with Gasteiger partial charge in [-0.1, -0.05) is 42.5 Å². The normalized spacial score (nSPS) is 15.6. The maximum absolute atomic E-state index is 13.0. The van der Waals surface area contributed by atoms with Crippen molar-refractivity contribution in [3.8, 4) is 5.75 Å². The molecule has 1 N–H and O–H groups in total. The number of benzene rings is 3. The number of fused-ring (bicyclic) bond motifs is 1. The highest BCUT2D eigenvalue weighted by Gasteiger charge is 2.32. The maximum Gasteiger partial charge on any atom is 0.243 e. The number of rotatable bonds is 6. The van der Waals surface area contributed by atoms with Crippen LogP contribution < -0.4 is 10.1 Å². The van der Waals surface area contributed by atoms with Gasteiger partial charge < -0.3 is 10.1 Å². The van der Waals surface area contributed by atoms with E-state index < -0.39 is 10.0 Å². The molecule has 1 aliphatic rings. The lowest BCUT2D eigenvalue weighted by Crippen LogP contribution is -2.42. The molecule has 6 nitrogen and oxygen atoms in total. The number of carbonyl (C=O) groups excluding carboxylic acids is 1. The molecule has 0 aromatic heterocycles. The summed E-state index contributed by atoms with van der Waals surface area (Å²) in [7, 11) is -2.03. The third-order valence-electron chi connectivity index (χ3n) is 6.16. The molecule has 0 aliphatic carbocycles.